The minimum atomic E-state index is -0.777. The van der Waals surface area contributed by atoms with Crippen molar-refractivity contribution in [2.75, 3.05) is 0 Å². The van der Waals surface area contributed by atoms with Crippen molar-refractivity contribution in [3.05, 3.63) is 93.7 Å². The fraction of sp³-hybridized carbons (Fsp3) is 0.200. The topological polar surface area (TPSA) is 87.0 Å². The van der Waals surface area contributed by atoms with E-state index in [-0.39, 0.29) is 16.8 Å². The maximum Gasteiger partial charge on any atom is 0.341 e. The third-order valence-corrected chi connectivity index (χ3v) is 6.57. The first-order chi connectivity index (χ1) is 18.2. The monoisotopic (exact) mass is 572 g/mol. The third-order valence-electron chi connectivity index (χ3n) is 6.05. The Morgan fingerprint density at radius 1 is 0.789 bits per heavy atom. The zero-order chi connectivity index (χ0) is 27.1. The van der Waals surface area contributed by atoms with Crippen LogP contribution in [0.1, 0.15) is 64.5 Å². The summed E-state index contributed by atoms with van der Waals surface area (Å²) in [6, 6.07) is 18.0. The summed E-state index contributed by atoms with van der Waals surface area (Å²) in [5, 5.41) is 1.64. The number of pyridine rings is 2. The number of rotatable bonds is 6. The Hall–Kier alpha value is -4.04. The lowest BCUT2D eigenvalue weighted by atomic mass is 10.0. The fourth-order valence-corrected chi connectivity index (χ4v) is 4.83. The van der Waals surface area contributed by atoms with Gasteiger partial charge in [-0.1, -0.05) is 40.2 Å². The summed E-state index contributed by atoms with van der Waals surface area (Å²) in [4.78, 5) is 46.0. The molecule has 0 radical (unpaired) electrons. The molecule has 0 N–H and O–H groups in total. The lowest BCUT2D eigenvalue weighted by Gasteiger charge is -2.12. The smallest absolute Gasteiger partial charge is 0.341 e. The standard InChI is InChI=1S/C30H25BrN2O5/c1-16(2)37-29(35)23-22-14-11-19-8-7-18-6-5-15-32-25(18)26(19)33(22)27(24(23)30(36)38-17(3)4)28(34)20-9-12-21(31)13-10-20/h5-17H,1-4H3. The Bertz CT molecular complexity index is 1740. The summed E-state index contributed by atoms with van der Waals surface area (Å²) in [5.74, 6) is -1.93. The van der Waals surface area contributed by atoms with Gasteiger partial charge < -0.3 is 13.9 Å². The molecule has 0 spiro atoms. The van der Waals surface area contributed by atoms with Crippen LogP contribution >= 0.6 is 15.9 Å². The van der Waals surface area contributed by atoms with Crippen molar-refractivity contribution in [2.45, 2.75) is 39.9 Å². The molecule has 0 amide bonds. The van der Waals surface area contributed by atoms with Crippen LogP contribution in [0.4, 0.5) is 0 Å². The normalized spacial score (nSPS) is 11.6. The molecule has 0 aliphatic carbocycles. The Labute approximate surface area is 227 Å². The van der Waals surface area contributed by atoms with E-state index >= 15 is 0 Å². The molecular weight excluding hydrogens is 548 g/mol. The summed E-state index contributed by atoms with van der Waals surface area (Å²) in [6.45, 7) is 6.87. The maximum absolute atomic E-state index is 14.2. The molecule has 38 heavy (non-hydrogen) atoms. The third kappa shape index (κ3) is 4.45. The molecule has 0 saturated carbocycles. The van der Waals surface area contributed by atoms with Gasteiger partial charge in [0.05, 0.1) is 28.8 Å². The van der Waals surface area contributed by atoms with Gasteiger partial charge in [0.2, 0.25) is 5.78 Å². The van der Waals surface area contributed by atoms with Gasteiger partial charge in [0.1, 0.15) is 16.8 Å². The lowest BCUT2D eigenvalue weighted by molar-refractivity contribution is 0.0330. The Morgan fingerprint density at radius 3 is 2.05 bits per heavy atom. The zero-order valence-corrected chi connectivity index (χ0v) is 22.9. The summed E-state index contributed by atoms with van der Waals surface area (Å²) in [6.07, 6.45) is 0.747. The van der Waals surface area contributed by atoms with Gasteiger partial charge in [-0.15, -0.1) is 0 Å². The van der Waals surface area contributed by atoms with Crippen molar-refractivity contribution in [3.63, 3.8) is 0 Å². The fourth-order valence-electron chi connectivity index (χ4n) is 4.57. The number of hydrogen-bond donors (Lipinski definition) is 0. The summed E-state index contributed by atoms with van der Waals surface area (Å²) in [7, 11) is 0. The van der Waals surface area contributed by atoms with Crippen molar-refractivity contribution in [1.82, 2.24) is 9.38 Å². The quantitative estimate of drug-likeness (QED) is 0.127. The Balaban J connectivity index is 1.99. The van der Waals surface area contributed by atoms with Crippen LogP contribution in [0.15, 0.2) is 71.3 Å². The molecule has 0 aliphatic heterocycles. The molecule has 0 aliphatic rings. The molecule has 192 valence electrons. The average molecular weight is 573 g/mol. The summed E-state index contributed by atoms with van der Waals surface area (Å²) < 4.78 is 13.6. The van der Waals surface area contributed by atoms with Gasteiger partial charge in [0.15, 0.2) is 0 Å². The summed E-state index contributed by atoms with van der Waals surface area (Å²) >= 11 is 3.40. The van der Waals surface area contributed by atoms with Gasteiger partial charge >= 0.3 is 11.9 Å². The van der Waals surface area contributed by atoms with E-state index in [1.807, 2.05) is 30.3 Å². The second-order valence-corrected chi connectivity index (χ2v) is 10.4. The summed E-state index contributed by atoms with van der Waals surface area (Å²) in [5.41, 5.74) is 1.81. The highest BCUT2D eigenvalue weighted by Crippen LogP contribution is 2.34. The van der Waals surface area contributed by atoms with E-state index in [0.29, 0.717) is 22.1 Å². The molecule has 0 atom stereocenters. The Morgan fingerprint density at radius 2 is 1.39 bits per heavy atom. The number of nitrogens with zero attached hydrogens (tertiary/aromatic N) is 2. The van der Waals surface area contributed by atoms with Gasteiger partial charge in [-0.3, -0.25) is 9.78 Å². The van der Waals surface area contributed by atoms with Crippen LogP contribution in [0, 0.1) is 0 Å². The molecule has 5 rings (SSSR count). The van der Waals surface area contributed by atoms with Crippen LogP contribution in [0.25, 0.3) is 27.3 Å². The number of ketones is 1. The highest BCUT2D eigenvalue weighted by molar-refractivity contribution is 9.10. The highest BCUT2D eigenvalue weighted by Gasteiger charge is 2.35. The van der Waals surface area contributed by atoms with E-state index in [1.54, 1.807) is 68.6 Å². The van der Waals surface area contributed by atoms with E-state index in [4.69, 9.17) is 9.47 Å². The number of benzene rings is 2. The second kappa shape index (κ2) is 10.0. The molecule has 0 bridgehead atoms. The number of carbonyl (C=O) groups excluding carboxylic acids is 3. The van der Waals surface area contributed by atoms with Crippen LogP contribution in [0.5, 0.6) is 0 Å². The van der Waals surface area contributed by atoms with Crippen molar-refractivity contribution < 1.29 is 23.9 Å². The first-order valence-electron chi connectivity index (χ1n) is 12.2. The van der Waals surface area contributed by atoms with E-state index < -0.39 is 29.9 Å². The molecule has 0 saturated heterocycles. The van der Waals surface area contributed by atoms with Crippen LogP contribution in [-0.4, -0.2) is 39.3 Å². The number of fused-ring (bicyclic) bond motifs is 5. The van der Waals surface area contributed by atoms with Gasteiger partial charge in [0.25, 0.3) is 0 Å². The number of aromatic nitrogens is 2. The van der Waals surface area contributed by atoms with Crippen molar-refractivity contribution in [1.29, 1.82) is 0 Å². The molecule has 5 aromatic rings. The van der Waals surface area contributed by atoms with Crippen molar-refractivity contribution >= 4 is 61.0 Å². The first-order valence-corrected chi connectivity index (χ1v) is 13.0. The highest BCUT2D eigenvalue weighted by atomic mass is 79.9. The molecule has 3 heterocycles. The minimum Gasteiger partial charge on any atom is -0.459 e. The van der Waals surface area contributed by atoms with Crippen LogP contribution in [0.3, 0.4) is 0 Å². The molecular formula is C30H25BrN2O5. The molecule has 8 heteroatoms. The molecule has 0 fully saturated rings. The van der Waals surface area contributed by atoms with Gasteiger partial charge in [-0.2, -0.15) is 0 Å². The SMILES string of the molecule is CC(C)OC(=O)c1c(C(=O)OC(C)C)c2ccc3ccc4cccnc4c3n2c1C(=O)c1ccc(Br)cc1. The number of hydrogen-bond acceptors (Lipinski definition) is 6. The van der Waals surface area contributed by atoms with Crippen molar-refractivity contribution in [2.24, 2.45) is 0 Å². The van der Waals surface area contributed by atoms with E-state index in [9.17, 15) is 14.4 Å². The minimum absolute atomic E-state index is 0.0142. The van der Waals surface area contributed by atoms with E-state index in [2.05, 4.69) is 20.9 Å². The van der Waals surface area contributed by atoms with Crippen molar-refractivity contribution in [3.8, 4) is 0 Å². The first kappa shape index (κ1) is 25.6. The number of ether oxygens (including phenoxy) is 2. The molecule has 3 aromatic heterocycles. The number of esters is 2. The van der Waals surface area contributed by atoms with Crippen LogP contribution in [0.2, 0.25) is 0 Å². The maximum atomic E-state index is 14.2. The zero-order valence-electron chi connectivity index (χ0n) is 21.3. The lowest BCUT2D eigenvalue weighted by Crippen LogP contribution is -2.20. The number of carbonyl (C=O) groups is 3. The Kier molecular flexibility index (Phi) is 6.75. The molecule has 7 nitrogen and oxygen atoms in total. The van der Waals surface area contributed by atoms with Crippen LogP contribution < -0.4 is 0 Å². The molecule has 2 aromatic carbocycles. The van der Waals surface area contributed by atoms with E-state index in [1.165, 1.54) is 0 Å². The molecule has 0 unspecified atom stereocenters. The van der Waals surface area contributed by atoms with Gasteiger partial charge in [0, 0.05) is 27.0 Å². The predicted molar refractivity (Wildman–Crippen MR) is 149 cm³/mol. The number of halogens is 1. The second-order valence-electron chi connectivity index (χ2n) is 9.48. The largest absolute Gasteiger partial charge is 0.459 e. The van der Waals surface area contributed by atoms with Gasteiger partial charge in [-0.25, -0.2) is 9.59 Å². The van der Waals surface area contributed by atoms with Gasteiger partial charge in [-0.05, 0) is 64.1 Å². The van der Waals surface area contributed by atoms with Crippen LogP contribution in [-0.2, 0) is 9.47 Å². The predicted octanol–water partition coefficient (Wildman–Crippen LogP) is 6.76. The van der Waals surface area contributed by atoms with E-state index in [0.717, 1.165) is 15.2 Å². The average Bonchev–Trinajstić information content (AvgIpc) is 3.23.